The summed E-state index contributed by atoms with van der Waals surface area (Å²) in [4.78, 5) is 0. The molecule has 1 aliphatic rings. The minimum Gasteiger partial charge on any atom is -0.493 e. The van der Waals surface area contributed by atoms with Crippen molar-refractivity contribution in [3.05, 3.63) is 45.8 Å². The Kier molecular flexibility index (Phi) is 3.57. The van der Waals surface area contributed by atoms with Gasteiger partial charge in [-0.2, -0.15) is 0 Å². The molecule has 0 saturated carbocycles. The van der Waals surface area contributed by atoms with Crippen LogP contribution in [-0.4, -0.2) is 11.8 Å². The number of hydrogen-bond donors (Lipinski definition) is 1. The molecule has 1 aromatic carbocycles. The molecule has 0 amide bonds. The number of rotatable bonds is 3. The first-order chi connectivity index (χ1) is 9.24. The summed E-state index contributed by atoms with van der Waals surface area (Å²) in [5, 5.41) is 7.52. The number of hydrogen-bond acceptors (Lipinski definition) is 4. The quantitative estimate of drug-likeness (QED) is 0.941. The molecular weight excluding hydrogens is 308 g/mol. The van der Waals surface area contributed by atoms with Gasteiger partial charge in [-0.3, -0.25) is 0 Å². The molecule has 2 heterocycles. The predicted molar refractivity (Wildman–Crippen MR) is 75.1 cm³/mol. The highest BCUT2D eigenvalue weighted by atomic mass is 79.9. The molecule has 19 heavy (non-hydrogen) atoms. The third kappa shape index (κ3) is 2.67. The van der Waals surface area contributed by atoms with E-state index in [0.29, 0.717) is 6.54 Å². The molecule has 0 spiro atoms. The minimum atomic E-state index is 0.289. The van der Waals surface area contributed by atoms with Gasteiger partial charge in [0.05, 0.1) is 6.61 Å². The van der Waals surface area contributed by atoms with Gasteiger partial charge in [0, 0.05) is 34.6 Å². The van der Waals surface area contributed by atoms with Crippen LogP contribution in [0.25, 0.3) is 0 Å². The van der Waals surface area contributed by atoms with Crippen LogP contribution in [-0.2, 0) is 6.54 Å². The average molecular weight is 323 g/mol. The predicted octanol–water partition coefficient (Wildman–Crippen LogP) is 3.36. The Hall–Kier alpha value is -1.33. The Balaban J connectivity index is 1.76. The van der Waals surface area contributed by atoms with E-state index in [-0.39, 0.29) is 6.04 Å². The molecule has 1 N–H and O–H groups in total. The zero-order valence-electron chi connectivity index (χ0n) is 10.6. The van der Waals surface area contributed by atoms with Crippen LogP contribution in [0.15, 0.2) is 33.5 Å². The van der Waals surface area contributed by atoms with Gasteiger partial charge in [0.1, 0.15) is 17.7 Å². The van der Waals surface area contributed by atoms with Crippen LogP contribution in [0.2, 0.25) is 0 Å². The number of halogens is 1. The summed E-state index contributed by atoms with van der Waals surface area (Å²) >= 11 is 3.51. The van der Waals surface area contributed by atoms with E-state index in [1.165, 1.54) is 5.56 Å². The van der Waals surface area contributed by atoms with Gasteiger partial charge >= 0.3 is 0 Å². The highest BCUT2D eigenvalue weighted by Gasteiger charge is 2.21. The molecule has 0 fully saturated rings. The lowest BCUT2D eigenvalue weighted by atomic mass is 10.0. The third-order valence-corrected chi connectivity index (χ3v) is 3.87. The molecule has 4 nitrogen and oxygen atoms in total. The Morgan fingerprint density at radius 3 is 3.16 bits per heavy atom. The van der Waals surface area contributed by atoms with Crippen molar-refractivity contribution >= 4 is 15.9 Å². The van der Waals surface area contributed by atoms with E-state index in [1.54, 1.807) is 6.26 Å². The molecule has 0 saturated heterocycles. The van der Waals surface area contributed by atoms with Gasteiger partial charge in [0.25, 0.3) is 0 Å². The highest BCUT2D eigenvalue weighted by Crippen LogP contribution is 2.34. The fraction of sp³-hybridized carbons (Fsp3) is 0.357. The van der Waals surface area contributed by atoms with Crippen LogP contribution < -0.4 is 10.1 Å². The summed E-state index contributed by atoms with van der Waals surface area (Å²) < 4.78 is 11.7. The van der Waals surface area contributed by atoms with Crippen LogP contribution in [0.4, 0.5) is 0 Å². The van der Waals surface area contributed by atoms with Crippen molar-refractivity contribution in [1.29, 1.82) is 0 Å². The van der Waals surface area contributed by atoms with E-state index >= 15 is 0 Å². The summed E-state index contributed by atoms with van der Waals surface area (Å²) in [7, 11) is 0. The van der Waals surface area contributed by atoms with Crippen LogP contribution >= 0.6 is 15.9 Å². The van der Waals surface area contributed by atoms with Crippen molar-refractivity contribution in [2.45, 2.75) is 25.9 Å². The highest BCUT2D eigenvalue weighted by molar-refractivity contribution is 9.10. The topological polar surface area (TPSA) is 47.3 Å². The monoisotopic (exact) mass is 322 g/mol. The number of ether oxygens (including phenoxy) is 1. The van der Waals surface area contributed by atoms with Crippen molar-refractivity contribution in [2.75, 3.05) is 6.61 Å². The van der Waals surface area contributed by atoms with Gasteiger partial charge in [0.15, 0.2) is 0 Å². The van der Waals surface area contributed by atoms with Crippen molar-refractivity contribution in [3.63, 3.8) is 0 Å². The molecule has 2 aromatic rings. The molecule has 0 bridgehead atoms. The third-order valence-electron chi connectivity index (χ3n) is 3.37. The molecule has 3 rings (SSSR count). The van der Waals surface area contributed by atoms with E-state index in [4.69, 9.17) is 9.26 Å². The zero-order valence-corrected chi connectivity index (χ0v) is 12.2. The largest absolute Gasteiger partial charge is 0.493 e. The number of benzene rings is 1. The summed E-state index contributed by atoms with van der Waals surface area (Å²) in [6.45, 7) is 3.45. The van der Waals surface area contributed by atoms with Crippen LogP contribution in [0.5, 0.6) is 5.75 Å². The number of aromatic nitrogens is 1. The van der Waals surface area contributed by atoms with Gasteiger partial charge in [-0.1, -0.05) is 21.1 Å². The summed E-state index contributed by atoms with van der Waals surface area (Å²) in [6.07, 6.45) is 2.63. The molecular formula is C14H15BrN2O2. The van der Waals surface area contributed by atoms with Gasteiger partial charge < -0.3 is 14.6 Å². The number of nitrogens with zero attached hydrogens (tertiary/aromatic N) is 1. The Morgan fingerprint density at radius 2 is 2.37 bits per heavy atom. The van der Waals surface area contributed by atoms with Crippen molar-refractivity contribution in [3.8, 4) is 5.75 Å². The second-order valence-electron chi connectivity index (χ2n) is 4.70. The fourth-order valence-corrected chi connectivity index (χ4v) is 2.66. The molecule has 1 atom stereocenters. The van der Waals surface area contributed by atoms with E-state index in [1.807, 2.05) is 19.1 Å². The summed E-state index contributed by atoms with van der Waals surface area (Å²) in [6, 6.07) is 6.41. The lowest BCUT2D eigenvalue weighted by Crippen LogP contribution is -2.27. The summed E-state index contributed by atoms with van der Waals surface area (Å²) in [5.41, 5.74) is 3.24. The van der Waals surface area contributed by atoms with Crippen molar-refractivity contribution < 1.29 is 9.26 Å². The molecule has 1 aromatic heterocycles. The molecule has 0 aliphatic carbocycles. The number of nitrogens with one attached hydrogen (secondary N) is 1. The minimum absolute atomic E-state index is 0.289. The summed E-state index contributed by atoms with van der Waals surface area (Å²) in [5.74, 6) is 0.962. The van der Waals surface area contributed by atoms with Gasteiger partial charge in [-0.25, -0.2) is 0 Å². The second kappa shape index (κ2) is 5.35. The van der Waals surface area contributed by atoms with E-state index in [0.717, 1.165) is 34.5 Å². The van der Waals surface area contributed by atoms with Gasteiger partial charge in [0.2, 0.25) is 0 Å². The van der Waals surface area contributed by atoms with Gasteiger partial charge in [-0.05, 0) is 25.1 Å². The zero-order chi connectivity index (χ0) is 13.2. The normalized spacial score (nSPS) is 17.9. The van der Waals surface area contributed by atoms with Crippen LogP contribution in [0.3, 0.4) is 0 Å². The van der Waals surface area contributed by atoms with Crippen LogP contribution in [0, 0.1) is 6.92 Å². The molecule has 1 aliphatic heterocycles. The van der Waals surface area contributed by atoms with E-state index in [2.05, 4.69) is 32.5 Å². The molecule has 5 heteroatoms. The van der Waals surface area contributed by atoms with E-state index < -0.39 is 0 Å². The molecule has 100 valence electrons. The average Bonchev–Trinajstić information content (AvgIpc) is 2.82. The molecule has 1 unspecified atom stereocenters. The first-order valence-electron chi connectivity index (χ1n) is 6.29. The van der Waals surface area contributed by atoms with Crippen molar-refractivity contribution in [1.82, 2.24) is 10.5 Å². The lowest BCUT2D eigenvalue weighted by Gasteiger charge is -2.26. The first-order valence-corrected chi connectivity index (χ1v) is 7.09. The van der Waals surface area contributed by atoms with E-state index in [9.17, 15) is 0 Å². The number of aryl methyl sites for hydroxylation is 1. The van der Waals surface area contributed by atoms with Crippen LogP contribution in [0.1, 0.15) is 29.3 Å². The first kappa shape index (κ1) is 12.7. The SMILES string of the molecule is Cc1conc1CNC1CCOc2ccc(Br)cc21. The fourth-order valence-electron chi connectivity index (χ4n) is 2.28. The Bertz CT molecular complexity index is 583. The maximum absolute atomic E-state index is 5.67. The number of fused-ring (bicyclic) bond motifs is 1. The smallest absolute Gasteiger partial charge is 0.127 e. The Labute approximate surface area is 120 Å². The lowest BCUT2D eigenvalue weighted by molar-refractivity contribution is 0.251. The standard InChI is InChI=1S/C14H15BrN2O2/c1-9-8-19-17-13(9)7-16-12-4-5-18-14-3-2-10(15)6-11(12)14/h2-3,6,8,12,16H,4-5,7H2,1H3. The maximum atomic E-state index is 5.67. The molecule has 0 radical (unpaired) electrons. The van der Waals surface area contributed by atoms with Crippen molar-refractivity contribution in [2.24, 2.45) is 0 Å². The van der Waals surface area contributed by atoms with Gasteiger partial charge in [-0.15, -0.1) is 0 Å². The Morgan fingerprint density at radius 1 is 1.47 bits per heavy atom. The maximum Gasteiger partial charge on any atom is 0.127 e. The second-order valence-corrected chi connectivity index (χ2v) is 5.61.